The van der Waals surface area contributed by atoms with Gasteiger partial charge in [0, 0.05) is 25.8 Å². The normalized spacial score (nSPS) is 21.0. The van der Waals surface area contributed by atoms with E-state index in [4.69, 9.17) is 12.2 Å². The Labute approximate surface area is 135 Å². The van der Waals surface area contributed by atoms with Gasteiger partial charge in [0.05, 0.1) is 4.91 Å². The van der Waals surface area contributed by atoms with E-state index in [1.165, 1.54) is 40.8 Å². The summed E-state index contributed by atoms with van der Waals surface area (Å²) >= 11 is 6.52. The van der Waals surface area contributed by atoms with Crippen molar-refractivity contribution in [3.8, 4) is 0 Å². The van der Waals surface area contributed by atoms with Crippen LogP contribution in [0.1, 0.15) is 24.0 Å². The summed E-state index contributed by atoms with van der Waals surface area (Å²) in [5.41, 5.74) is 3.63. The number of likely N-dealkylation sites (N-methyl/N-ethyl adjacent to an activating group) is 1. The lowest BCUT2D eigenvalue weighted by Gasteiger charge is -2.20. The van der Waals surface area contributed by atoms with Crippen molar-refractivity contribution in [2.45, 2.75) is 19.8 Å². The van der Waals surface area contributed by atoms with Gasteiger partial charge < -0.3 is 4.90 Å². The summed E-state index contributed by atoms with van der Waals surface area (Å²) in [5, 5.41) is 0. The maximum Gasteiger partial charge on any atom is 0.265 e. The number of carbonyl (C=O) groups excluding carboxylic acids is 1. The molecule has 2 saturated heterocycles. The zero-order chi connectivity index (χ0) is 15.0. The highest BCUT2D eigenvalue weighted by molar-refractivity contribution is 8.26. The Hall–Kier alpha value is -1.33. The lowest BCUT2D eigenvalue weighted by Crippen LogP contribution is -2.22. The highest BCUT2D eigenvalue weighted by atomic mass is 32.2. The van der Waals surface area contributed by atoms with Gasteiger partial charge in [-0.2, -0.15) is 0 Å². The van der Waals surface area contributed by atoms with Crippen LogP contribution in [-0.2, 0) is 4.79 Å². The van der Waals surface area contributed by atoms with Crippen LogP contribution in [0.5, 0.6) is 0 Å². The molecule has 1 aromatic rings. The van der Waals surface area contributed by atoms with Crippen molar-refractivity contribution in [2.24, 2.45) is 0 Å². The van der Waals surface area contributed by atoms with E-state index in [9.17, 15) is 4.79 Å². The van der Waals surface area contributed by atoms with Crippen molar-refractivity contribution in [3.63, 3.8) is 0 Å². The first-order valence-electron chi connectivity index (χ1n) is 7.13. The SMILES string of the molecule is Cc1cc(/C=C2/SC(=S)N(C)C2=O)ccc1N1CCCC1. The largest absolute Gasteiger partial charge is 0.371 e. The van der Waals surface area contributed by atoms with Gasteiger partial charge in [0.1, 0.15) is 4.32 Å². The molecule has 110 valence electrons. The van der Waals surface area contributed by atoms with Crippen LogP contribution in [0, 0.1) is 6.92 Å². The van der Waals surface area contributed by atoms with Crippen molar-refractivity contribution in [2.75, 3.05) is 25.0 Å². The molecule has 5 heteroatoms. The summed E-state index contributed by atoms with van der Waals surface area (Å²) in [6.45, 7) is 4.43. The van der Waals surface area contributed by atoms with Crippen LogP contribution in [0.2, 0.25) is 0 Å². The Morgan fingerprint density at radius 1 is 1.29 bits per heavy atom. The van der Waals surface area contributed by atoms with E-state index < -0.39 is 0 Å². The van der Waals surface area contributed by atoms with Crippen molar-refractivity contribution < 1.29 is 4.79 Å². The number of aryl methyl sites for hydroxylation is 1. The van der Waals surface area contributed by atoms with Gasteiger partial charge in [-0.3, -0.25) is 9.69 Å². The Morgan fingerprint density at radius 2 is 2.00 bits per heavy atom. The fraction of sp³-hybridized carbons (Fsp3) is 0.375. The zero-order valence-electron chi connectivity index (χ0n) is 12.3. The third-order valence-electron chi connectivity index (χ3n) is 3.95. The number of benzene rings is 1. The van der Waals surface area contributed by atoms with Crippen LogP contribution in [0.25, 0.3) is 6.08 Å². The Bertz CT molecular complexity index is 633. The van der Waals surface area contributed by atoms with Gasteiger partial charge in [0.25, 0.3) is 5.91 Å². The molecule has 3 nitrogen and oxygen atoms in total. The van der Waals surface area contributed by atoms with Crippen molar-refractivity contribution in [3.05, 3.63) is 34.2 Å². The molecule has 3 rings (SSSR count). The maximum atomic E-state index is 12.0. The second-order valence-corrected chi connectivity index (χ2v) is 7.16. The van der Waals surface area contributed by atoms with E-state index >= 15 is 0 Å². The number of hydrogen-bond acceptors (Lipinski definition) is 4. The molecule has 0 N–H and O–H groups in total. The quantitative estimate of drug-likeness (QED) is 0.616. The van der Waals surface area contributed by atoms with Gasteiger partial charge in [-0.15, -0.1) is 0 Å². The number of carbonyl (C=O) groups is 1. The minimum absolute atomic E-state index is 0.00808. The average molecular weight is 318 g/mol. The molecular formula is C16H18N2OS2. The number of hydrogen-bond donors (Lipinski definition) is 0. The molecule has 0 bridgehead atoms. The number of nitrogens with zero attached hydrogens (tertiary/aromatic N) is 2. The highest BCUT2D eigenvalue weighted by Gasteiger charge is 2.28. The zero-order valence-corrected chi connectivity index (χ0v) is 13.9. The van der Waals surface area contributed by atoms with E-state index in [0.717, 1.165) is 18.7 Å². The topological polar surface area (TPSA) is 23.6 Å². The molecule has 2 aliphatic heterocycles. The van der Waals surface area contributed by atoms with E-state index in [2.05, 4.69) is 30.0 Å². The number of anilines is 1. The number of thioether (sulfide) groups is 1. The van der Waals surface area contributed by atoms with E-state index in [-0.39, 0.29) is 5.91 Å². The minimum atomic E-state index is -0.00808. The van der Waals surface area contributed by atoms with Crippen LogP contribution in [0.15, 0.2) is 23.1 Å². The maximum absolute atomic E-state index is 12.0. The number of thiocarbonyl (C=S) groups is 1. The molecule has 0 saturated carbocycles. The molecule has 2 heterocycles. The van der Waals surface area contributed by atoms with E-state index in [1.807, 2.05) is 6.08 Å². The van der Waals surface area contributed by atoms with Crippen molar-refractivity contribution in [1.29, 1.82) is 0 Å². The first-order chi connectivity index (χ1) is 10.1. The van der Waals surface area contributed by atoms with Gasteiger partial charge in [0.2, 0.25) is 0 Å². The van der Waals surface area contributed by atoms with Crippen LogP contribution in [0.3, 0.4) is 0 Å². The predicted molar refractivity (Wildman–Crippen MR) is 93.6 cm³/mol. The third kappa shape index (κ3) is 2.85. The summed E-state index contributed by atoms with van der Waals surface area (Å²) in [6.07, 6.45) is 4.49. The molecule has 2 aliphatic rings. The molecule has 0 radical (unpaired) electrons. The molecule has 0 unspecified atom stereocenters. The van der Waals surface area contributed by atoms with Crippen molar-refractivity contribution >= 4 is 46.0 Å². The van der Waals surface area contributed by atoms with Gasteiger partial charge in [-0.25, -0.2) is 0 Å². The predicted octanol–water partition coefficient (Wildman–Crippen LogP) is 3.43. The van der Waals surface area contributed by atoms with E-state index in [1.54, 1.807) is 7.05 Å². The highest BCUT2D eigenvalue weighted by Crippen LogP contribution is 2.32. The Morgan fingerprint density at radius 3 is 2.57 bits per heavy atom. The smallest absolute Gasteiger partial charge is 0.265 e. The van der Waals surface area contributed by atoms with Gasteiger partial charge in [0.15, 0.2) is 0 Å². The fourth-order valence-corrected chi connectivity index (χ4v) is 3.96. The summed E-state index contributed by atoms with van der Waals surface area (Å²) < 4.78 is 0.622. The fourth-order valence-electron chi connectivity index (χ4n) is 2.78. The molecule has 21 heavy (non-hydrogen) atoms. The van der Waals surface area contributed by atoms with Gasteiger partial charge >= 0.3 is 0 Å². The van der Waals surface area contributed by atoms with Gasteiger partial charge in [-0.05, 0) is 49.1 Å². The Balaban J connectivity index is 1.86. The summed E-state index contributed by atoms with van der Waals surface area (Å²) in [5.74, 6) is -0.00808. The molecule has 1 aromatic carbocycles. The minimum Gasteiger partial charge on any atom is -0.371 e. The molecule has 0 aliphatic carbocycles. The van der Waals surface area contributed by atoms with Crippen LogP contribution in [-0.4, -0.2) is 35.3 Å². The second kappa shape index (κ2) is 5.81. The first-order valence-corrected chi connectivity index (χ1v) is 8.36. The third-order valence-corrected chi connectivity index (χ3v) is 5.44. The molecule has 0 atom stereocenters. The Kier molecular flexibility index (Phi) is 4.04. The average Bonchev–Trinajstić information content (AvgIpc) is 3.05. The lowest BCUT2D eigenvalue weighted by molar-refractivity contribution is -0.121. The molecule has 0 spiro atoms. The summed E-state index contributed by atoms with van der Waals surface area (Å²) in [4.78, 5) is 16.7. The van der Waals surface area contributed by atoms with Crippen molar-refractivity contribution in [1.82, 2.24) is 4.90 Å². The summed E-state index contributed by atoms with van der Waals surface area (Å²) in [7, 11) is 1.72. The molecule has 2 fully saturated rings. The monoisotopic (exact) mass is 318 g/mol. The molecular weight excluding hydrogens is 300 g/mol. The van der Waals surface area contributed by atoms with Gasteiger partial charge in [-0.1, -0.05) is 30.0 Å². The van der Waals surface area contributed by atoms with Crippen LogP contribution < -0.4 is 4.90 Å². The number of amides is 1. The lowest BCUT2D eigenvalue weighted by atomic mass is 10.1. The first kappa shape index (κ1) is 14.6. The van der Waals surface area contributed by atoms with Crippen LogP contribution in [0.4, 0.5) is 5.69 Å². The van der Waals surface area contributed by atoms with Crippen LogP contribution >= 0.6 is 24.0 Å². The second-order valence-electron chi connectivity index (χ2n) is 5.48. The number of rotatable bonds is 2. The molecule has 0 aromatic heterocycles. The van der Waals surface area contributed by atoms with E-state index in [0.29, 0.717) is 9.23 Å². The molecule has 1 amide bonds. The standard InChI is InChI=1S/C16H18N2OS2/c1-11-9-12(5-6-13(11)18-7-3-4-8-18)10-14-15(19)17(2)16(20)21-14/h5-6,9-10H,3-4,7-8H2,1-2H3/b14-10+. The summed E-state index contributed by atoms with van der Waals surface area (Å²) in [6, 6.07) is 6.40.